The molecule has 2 aliphatic rings. The Kier molecular flexibility index (Phi) is 3.37. The van der Waals surface area contributed by atoms with E-state index in [2.05, 4.69) is 10.4 Å². The van der Waals surface area contributed by atoms with Crippen LogP contribution in [0.15, 0.2) is 0 Å². The molecule has 2 fully saturated rings. The van der Waals surface area contributed by atoms with Gasteiger partial charge < -0.3 is 10.1 Å². The average molecular weight is 280 g/mol. The van der Waals surface area contributed by atoms with E-state index < -0.39 is 0 Å². The number of hydrogen-bond donors (Lipinski definition) is 1. The quantitative estimate of drug-likeness (QED) is 0.657. The molecule has 2 heterocycles. The van der Waals surface area contributed by atoms with Crippen molar-refractivity contribution in [2.24, 2.45) is 13.0 Å². The Morgan fingerprint density at radius 1 is 1.50 bits per heavy atom. The molecule has 1 saturated heterocycles. The molecule has 1 aromatic heterocycles. The minimum atomic E-state index is -0.337. The van der Waals surface area contributed by atoms with E-state index in [0.29, 0.717) is 23.9 Å². The van der Waals surface area contributed by atoms with Crippen molar-refractivity contribution in [1.82, 2.24) is 9.78 Å². The SMILES string of the molecule is CCc1nn(C)c(NC2CCOC2C2CC2)c1[N+](=O)[O-]. The molecule has 7 nitrogen and oxygen atoms in total. The number of nitrogens with one attached hydrogen (secondary N) is 1. The Labute approximate surface area is 117 Å². The molecular weight excluding hydrogens is 260 g/mol. The van der Waals surface area contributed by atoms with E-state index in [1.165, 1.54) is 12.8 Å². The summed E-state index contributed by atoms with van der Waals surface area (Å²) in [5.74, 6) is 1.13. The molecule has 2 unspecified atom stereocenters. The standard InChI is InChI=1S/C13H20N4O3/c1-3-9-11(17(18)19)13(16(2)15-9)14-10-6-7-20-12(10)8-4-5-8/h8,10,12,14H,3-7H2,1-2H3. The fourth-order valence-electron chi connectivity index (χ4n) is 2.99. The van der Waals surface area contributed by atoms with Gasteiger partial charge in [-0.3, -0.25) is 10.1 Å². The maximum absolute atomic E-state index is 11.3. The minimum absolute atomic E-state index is 0.108. The van der Waals surface area contributed by atoms with Crippen LogP contribution < -0.4 is 5.32 Å². The van der Waals surface area contributed by atoms with Crippen molar-refractivity contribution in [3.8, 4) is 0 Å². The Bertz CT molecular complexity index is 524. The first-order chi connectivity index (χ1) is 9.61. The second-order valence-electron chi connectivity index (χ2n) is 5.59. The molecule has 1 aliphatic carbocycles. The van der Waals surface area contributed by atoms with Gasteiger partial charge in [0.05, 0.1) is 17.1 Å². The first-order valence-corrected chi connectivity index (χ1v) is 7.20. The molecule has 0 spiro atoms. The van der Waals surface area contributed by atoms with Gasteiger partial charge in [0.25, 0.3) is 0 Å². The maximum Gasteiger partial charge on any atom is 0.333 e. The van der Waals surface area contributed by atoms with Crippen LogP contribution in [0.1, 0.15) is 31.9 Å². The van der Waals surface area contributed by atoms with E-state index in [0.717, 1.165) is 13.0 Å². The zero-order valence-corrected chi connectivity index (χ0v) is 11.8. The summed E-state index contributed by atoms with van der Waals surface area (Å²) in [5, 5.41) is 18.9. The third kappa shape index (κ3) is 2.26. The summed E-state index contributed by atoms with van der Waals surface area (Å²) in [6.45, 7) is 2.61. The van der Waals surface area contributed by atoms with E-state index >= 15 is 0 Å². The lowest BCUT2D eigenvalue weighted by atomic mass is 10.1. The first-order valence-electron chi connectivity index (χ1n) is 7.20. The van der Waals surface area contributed by atoms with E-state index in [1.807, 2.05) is 6.92 Å². The summed E-state index contributed by atoms with van der Waals surface area (Å²) >= 11 is 0. The van der Waals surface area contributed by atoms with Gasteiger partial charge in [0, 0.05) is 13.7 Å². The van der Waals surface area contributed by atoms with E-state index in [4.69, 9.17) is 4.74 Å². The van der Waals surface area contributed by atoms with Gasteiger partial charge in [0.15, 0.2) is 0 Å². The van der Waals surface area contributed by atoms with Crippen molar-refractivity contribution in [1.29, 1.82) is 0 Å². The third-order valence-corrected chi connectivity index (χ3v) is 4.15. The van der Waals surface area contributed by atoms with Crippen LogP contribution in [0.3, 0.4) is 0 Å². The van der Waals surface area contributed by atoms with Crippen molar-refractivity contribution in [3.63, 3.8) is 0 Å². The van der Waals surface area contributed by atoms with Gasteiger partial charge in [0.2, 0.25) is 5.82 Å². The largest absolute Gasteiger partial charge is 0.376 e. The highest BCUT2D eigenvalue weighted by molar-refractivity contribution is 5.60. The molecule has 1 aliphatic heterocycles. The highest BCUT2D eigenvalue weighted by Gasteiger charge is 2.42. The highest BCUT2D eigenvalue weighted by atomic mass is 16.6. The van der Waals surface area contributed by atoms with Crippen LogP contribution in [-0.4, -0.2) is 33.5 Å². The molecule has 0 aromatic carbocycles. The molecule has 110 valence electrons. The van der Waals surface area contributed by atoms with Crippen LogP contribution in [0.5, 0.6) is 0 Å². The number of rotatable bonds is 5. The molecule has 2 atom stereocenters. The molecular formula is C13H20N4O3. The molecule has 1 N–H and O–H groups in total. The Hall–Kier alpha value is -1.63. The Morgan fingerprint density at radius 2 is 2.25 bits per heavy atom. The topological polar surface area (TPSA) is 82.2 Å². The normalized spacial score (nSPS) is 25.9. The highest BCUT2D eigenvalue weighted by Crippen LogP contribution is 2.40. The fraction of sp³-hybridized carbons (Fsp3) is 0.769. The van der Waals surface area contributed by atoms with Crippen molar-refractivity contribution >= 4 is 11.5 Å². The number of anilines is 1. The molecule has 7 heteroatoms. The van der Waals surface area contributed by atoms with E-state index in [1.54, 1.807) is 11.7 Å². The van der Waals surface area contributed by atoms with E-state index in [-0.39, 0.29) is 22.8 Å². The van der Waals surface area contributed by atoms with Crippen LogP contribution in [0, 0.1) is 16.0 Å². The smallest absolute Gasteiger partial charge is 0.333 e. The molecule has 0 bridgehead atoms. The summed E-state index contributed by atoms with van der Waals surface area (Å²) in [5.41, 5.74) is 0.637. The van der Waals surface area contributed by atoms with Gasteiger partial charge in [-0.1, -0.05) is 6.92 Å². The fourth-order valence-corrected chi connectivity index (χ4v) is 2.99. The Balaban J connectivity index is 1.86. The summed E-state index contributed by atoms with van der Waals surface area (Å²) < 4.78 is 7.36. The third-order valence-electron chi connectivity index (χ3n) is 4.15. The van der Waals surface area contributed by atoms with Crippen LogP contribution in [0.4, 0.5) is 11.5 Å². The predicted octanol–water partition coefficient (Wildman–Crippen LogP) is 1.87. The Morgan fingerprint density at radius 3 is 2.85 bits per heavy atom. The first kappa shape index (κ1) is 13.4. The van der Waals surface area contributed by atoms with Gasteiger partial charge in [0.1, 0.15) is 5.69 Å². The number of hydrogen-bond acceptors (Lipinski definition) is 5. The van der Waals surface area contributed by atoms with Crippen LogP contribution in [0.2, 0.25) is 0 Å². The lowest BCUT2D eigenvalue weighted by molar-refractivity contribution is -0.384. The summed E-state index contributed by atoms with van der Waals surface area (Å²) in [4.78, 5) is 11.0. The van der Waals surface area contributed by atoms with Gasteiger partial charge in [-0.15, -0.1) is 0 Å². The average Bonchev–Trinajstić information content (AvgIpc) is 3.07. The lowest BCUT2D eigenvalue weighted by Gasteiger charge is -2.20. The van der Waals surface area contributed by atoms with Gasteiger partial charge in [-0.2, -0.15) is 5.10 Å². The van der Waals surface area contributed by atoms with Gasteiger partial charge >= 0.3 is 5.69 Å². The molecule has 1 saturated carbocycles. The molecule has 3 rings (SSSR count). The van der Waals surface area contributed by atoms with Crippen LogP contribution in [0.25, 0.3) is 0 Å². The lowest BCUT2D eigenvalue weighted by Crippen LogP contribution is -2.32. The van der Waals surface area contributed by atoms with Gasteiger partial charge in [-0.25, -0.2) is 4.68 Å². The second-order valence-corrected chi connectivity index (χ2v) is 5.59. The molecule has 20 heavy (non-hydrogen) atoms. The number of aromatic nitrogens is 2. The summed E-state index contributed by atoms with van der Waals surface area (Å²) in [6.07, 6.45) is 4.05. The van der Waals surface area contributed by atoms with Crippen molar-refractivity contribution in [3.05, 3.63) is 15.8 Å². The van der Waals surface area contributed by atoms with Gasteiger partial charge in [-0.05, 0) is 31.6 Å². The second kappa shape index (κ2) is 5.05. The number of aryl methyl sites for hydroxylation is 2. The summed E-state index contributed by atoms with van der Waals surface area (Å²) in [7, 11) is 1.75. The predicted molar refractivity (Wildman–Crippen MR) is 73.7 cm³/mol. The van der Waals surface area contributed by atoms with Crippen molar-refractivity contribution in [2.75, 3.05) is 11.9 Å². The maximum atomic E-state index is 11.3. The van der Waals surface area contributed by atoms with Crippen molar-refractivity contribution < 1.29 is 9.66 Å². The zero-order chi connectivity index (χ0) is 14.3. The van der Waals surface area contributed by atoms with E-state index in [9.17, 15) is 10.1 Å². The summed E-state index contributed by atoms with van der Waals surface area (Å²) in [6, 6.07) is 0.154. The monoisotopic (exact) mass is 280 g/mol. The number of ether oxygens (including phenoxy) is 1. The van der Waals surface area contributed by atoms with Crippen LogP contribution in [-0.2, 0) is 18.2 Å². The molecule has 0 radical (unpaired) electrons. The molecule has 1 aromatic rings. The minimum Gasteiger partial charge on any atom is -0.376 e. The zero-order valence-electron chi connectivity index (χ0n) is 11.8. The number of nitro groups is 1. The van der Waals surface area contributed by atoms with Crippen molar-refractivity contribution in [2.45, 2.75) is 44.8 Å². The number of nitrogens with zero attached hydrogens (tertiary/aromatic N) is 3. The molecule has 0 amide bonds. The van der Waals surface area contributed by atoms with Crippen LogP contribution >= 0.6 is 0 Å².